The van der Waals surface area contributed by atoms with Crippen molar-refractivity contribution in [3.63, 3.8) is 0 Å². The summed E-state index contributed by atoms with van der Waals surface area (Å²) in [6.07, 6.45) is 4.45. The normalized spacial score (nSPS) is 13.8. The number of nitrogens with two attached hydrogens (primary N) is 1. The van der Waals surface area contributed by atoms with Gasteiger partial charge in [0.05, 0.1) is 12.1 Å². The smallest absolute Gasteiger partial charge is 0.308 e. The van der Waals surface area contributed by atoms with Crippen LogP contribution >= 0.6 is 0 Å². The third-order valence-corrected chi connectivity index (χ3v) is 2.88. The van der Waals surface area contributed by atoms with Crippen LogP contribution in [-0.2, 0) is 16.6 Å². The topological polar surface area (TPSA) is 110 Å². The van der Waals surface area contributed by atoms with Crippen molar-refractivity contribution < 1.29 is 14.7 Å². The summed E-state index contributed by atoms with van der Waals surface area (Å²) in [5.41, 5.74) is 6.37. The molecule has 0 saturated heterocycles. The highest BCUT2D eigenvalue weighted by Gasteiger charge is 2.21. The SMILES string of the molecule is CCCC(CNC(=O)C(N)c1cnn(C)c1)C(=O)O. The van der Waals surface area contributed by atoms with E-state index in [0.717, 1.165) is 6.42 Å². The average Bonchev–Trinajstić information content (AvgIpc) is 2.79. The summed E-state index contributed by atoms with van der Waals surface area (Å²) in [5.74, 6) is -1.87. The molecule has 0 spiro atoms. The van der Waals surface area contributed by atoms with Gasteiger partial charge < -0.3 is 16.2 Å². The first-order valence-corrected chi connectivity index (χ1v) is 6.20. The van der Waals surface area contributed by atoms with Crippen molar-refractivity contribution in [2.45, 2.75) is 25.8 Å². The van der Waals surface area contributed by atoms with Crippen LogP contribution in [0.3, 0.4) is 0 Å². The van der Waals surface area contributed by atoms with Gasteiger partial charge in [-0.15, -0.1) is 0 Å². The fraction of sp³-hybridized carbons (Fsp3) is 0.583. The van der Waals surface area contributed by atoms with Crippen LogP contribution in [0.2, 0.25) is 0 Å². The van der Waals surface area contributed by atoms with Gasteiger partial charge >= 0.3 is 5.97 Å². The van der Waals surface area contributed by atoms with Gasteiger partial charge in [-0.1, -0.05) is 13.3 Å². The third kappa shape index (κ3) is 4.36. The molecular weight excluding hydrogens is 248 g/mol. The Labute approximate surface area is 111 Å². The van der Waals surface area contributed by atoms with Gasteiger partial charge in [0.25, 0.3) is 0 Å². The lowest BCUT2D eigenvalue weighted by Gasteiger charge is -2.14. The number of carboxylic acids is 1. The molecule has 1 rings (SSSR count). The number of rotatable bonds is 7. The Bertz CT molecular complexity index is 444. The molecule has 0 aliphatic carbocycles. The van der Waals surface area contributed by atoms with Crippen LogP contribution in [0.4, 0.5) is 0 Å². The van der Waals surface area contributed by atoms with Gasteiger partial charge in [-0.3, -0.25) is 14.3 Å². The molecule has 1 aromatic heterocycles. The van der Waals surface area contributed by atoms with Crippen molar-refractivity contribution in [3.05, 3.63) is 18.0 Å². The van der Waals surface area contributed by atoms with Crippen LogP contribution in [0.5, 0.6) is 0 Å². The maximum atomic E-state index is 11.8. The van der Waals surface area contributed by atoms with Gasteiger partial charge in [-0.25, -0.2) is 0 Å². The minimum Gasteiger partial charge on any atom is -0.481 e. The van der Waals surface area contributed by atoms with Crippen molar-refractivity contribution >= 4 is 11.9 Å². The molecule has 0 radical (unpaired) electrons. The summed E-state index contributed by atoms with van der Waals surface area (Å²) in [7, 11) is 1.73. The van der Waals surface area contributed by atoms with E-state index >= 15 is 0 Å². The molecule has 0 bridgehead atoms. The number of hydrogen-bond donors (Lipinski definition) is 3. The molecule has 1 amide bonds. The number of aromatic nitrogens is 2. The molecule has 106 valence electrons. The van der Waals surface area contributed by atoms with Gasteiger partial charge in [-0.2, -0.15) is 5.10 Å². The minimum atomic E-state index is -0.905. The average molecular weight is 268 g/mol. The number of hydrogen-bond acceptors (Lipinski definition) is 4. The summed E-state index contributed by atoms with van der Waals surface area (Å²) < 4.78 is 1.56. The standard InChI is InChI=1S/C12H20N4O3/c1-3-4-8(12(18)19)5-14-11(17)10(13)9-6-15-16(2)7-9/h6-8,10H,3-5,13H2,1-2H3,(H,14,17)(H,18,19). The maximum absolute atomic E-state index is 11.8. The molecule has 1 heterocycles. The minimum absolute atomic E-state index is 0.0932. The second-order valence-corrected chi connectivity index (χ2v) is 4.49. The second-order valence-electron chi connectivity index (χ2n) is 4.49. The van der Waals surface area contributed by atoms with E-state index < -0.39 is 23.8 Å². The molecule has 0 fully saturated rings. The maximum Gasteiger partial charge on any atom is 0.308 e. The van der Waals surface area contributed by atoms with Crippen LogP contribution in [0, 0.1) is 5.92 Å². The van der Waals surface area contributed by atoms with Crippen LogP contribution < -0.4 is 11.1 Å². The number of aliphatic carboxylic acids is 1. The summed E-state index contributed by atoms with van der Waals surface area (Å²) in [6, 6.07) is -0.829. The molecule has 0 aromatic carbocycles. The third-order valence-electron chi connectivity index (χ3n) is 2.88. The molecular formula is C12H20N4O3. The summed E-state index contributed by atoms with van der Waals surface area (Å²) in [5, 5.41) is 15.5. The van der Waals surface area contributed by atoms with Gasteiger partial charge in [0.15, 0.2) is 0 Å². The van der Waals surface area contributed by atoms with Crippen LogP contribution in [0.1, 0.15) is 31.4 Å². The summed E-state index contributed by atoms with van der Waals surface area (Å²) >= 11 is 0. The van der Waals surface area contributed by atoms with E-state index in [1.165, 1.54) is 6.20 Å². The second kappa shape index (κ2) is 6.89. The van der Waals surface area contributed by atoms with E-state index in [4.69, 9.17) is 10.8 Å². The quantitative estimate of drug-likeness (QED) is 0.646. The number of nitrogens with zero attached hydrogens (tertiary/aromatic N) is 2. The lowest BCUT2D eigenvalue weighted by Crippen LogP contribution is -2.38. The zero-order valence-corrected chi connectivity index (χ0v) is 11.2. The number of aryl methyl sites for hydroxylation is 1. The van der Waals surface area contributed by atoms with Crippen molar-refractivity contribution in [2.24, 2.45) is 18.7 Å². The zero-order chi connectivity index (χ0) is 14.4. The molecule has 0 saturated carbocycles. The van der Waals surface area contributed by atoms with Crippen molar-refractivity contribution in [3.8, 4) is 0 Å². The Morgan fingerprint density at radius 1 is 1.58 bits per heavy atom. The Morgan fingerprint density at radius 3 is 2.74 bits per heavy atom. The van der Waals surface area contributed by atoms with E-state index in [2.05, 4.69) is 10.4 Å². The van der Waals surface area contributed by atoms with Crippen LogP contribution in [0.15, 0.2) is 12.4 Å². The Balaban J connectivity index is 2.52. The first kappa shape index (κ1) is 15.2. The van der Waals surface area contributed by atoms with Crippen LogP contribution in [-0.4, -0.2) is 33.3 Å². The van der Waals surface area contributed by atoms with Crippen molar-refractivity contribution in [1.82, 2.24) is 15.1 Å². The van der Waals surface area contributed by atoms with E-state index in [1.807, 2.05) is 6.92 Å². The van der Waals surface area contributed by atoms with E-state index in [0.29, 0.717) is 12.0 Å². The molecule has 7 nitrogen and oxygen atoms in total. The van der Waals surface area contributed by atoms with Gasteiger partial charge in [-0.05, 0) is 6.42 Å². The number of carbonyl (C=O) groups is 2. The molecule has 2 unspecified atom stereocenters. The summed E-state index contributed by atoms with van der Waals surface area (Å²) in [4.78, 5) is 22.8. The van der Waals surface area contributed by atoms with Gasteiger partial charge in [0.2, 0.25) is 5.91 Å². The number of carboxylic acid groups (broad SMARTS) is 1. The number of nitrogens with one attached hydrogen (secondary N) is 1. The number of carbonyl (C=O) groups excluding carboxylic acids is 1. The monoisotopic (exact) mass is 268 g/mol. The molecule has 0 aliphatic rings. The fourth-order valence-corrected chi connectivity index (χ4v) is 1.75. The van der Waals surface area contributed by atoms with Gasteiger partial charge in [0.1, 0.15) is 6.04 Å². The predicted molar refractivity (Wildman–Crippen MR) is 69.2 cm³/mol. The molecule has 4 N–H and O–H groups in total. The van der Waals surface area contributed by atoms with E-state index in [-0.39, 0.29) is 6.54 Å². The first-order valence-electron chi connectivity index (χ1n) is 6.20. The molecule has 7 heteroatoms. The first-order chi connectivity index (χ1) is 8.95. The highest BCUT2D eigenvalue weighted by Crippen LogP contribution is 2.10. The Hall–Kier alpha value is -1.89. The Kier molecular flexibility index (Phi) is 5.50. The Morgan fingerprint density at radius 2 is 2.26 bits per heavy atom. The highest BCUT2D eigenvalue weighted by molar-refractivity contribution is 5.83. The van der Waals surface area contributed by atoms with Crippen molar-refractivity contribution in [1.29, 1.82) is 0 Å². The largest absolute Gasteiger partial charge is 0.481 e. The van der Waals surface area contributed by atoms with E-state index in [9.17, 15) is 9.59 Å². The molecule has 1 aromatic rings. The molecule has 19 heavy (non-hydrogen) atoms. The lowest BCUT2D eigenvalue weighted by atomic mass is 10.0. The predicted octanol–water partition coefficient (Wildman–Crippen LogP) is 0.0370. The van der Waals surface area contributed by atoms with Gasteiger partial charge in [0, 0.05) is 25.4 Å². The van der Waals surface area contributed by atoms with E-state index in [1.54, 1.807) is 17.9 Å². The molecule has 0 aliphatic heterocycles. The highest BCUT2D eigenvalue weighted by atomic mass is 16.4. The number of amides is 1. The fourth-order valence-electron chi connectivity index (χ4n) is 1.75. The molecule has 2 atom stereocenters. The lowest BCUT2D eigenvalue weighted by molar-refractivity contribution is -0.142. The summed E-state index contributed by atoms with van der Waals surface area (Å²) in [6.45, 7) is 2.00. The van der Waals surface area contributed by atoms with Crippen LogP contribution in [0.25, 0.3) is 0 Å². The van der Waals surface area contributed by atoms with Crippen molar-refractivity contribution in [2.75, 3.05) is 6.54 Å². The zero-order valence-electron chi connectivity index (χ0n) is 11.2.